The predicted molar refractivity (Wildman–Crippen MR) is 77.2 cm³/mol. The number of hydrogen-bond acceptors (Lipinski definition) is 4. The first-order chi connectivity index (χ1) is 8.81. The highest BCUT2D eigenvalue weighted by molar-refractivity contribution is 5.52. The second kappa shape index (κ2) is 6.59. The van der Waals surface area contributed by atoms with E-state index in [4.69, 9.17) is 0 Å². The van der Waals surface area contributed by atoms with Crippen LogP contribution in [0.4, 0.5) is 11.5 Å². The molecule has 1 aliphatic rings. The summed E-state index contributed by atoms with van der Waals surface area (Å²) in [4.78, 5) is 6.79. The van der Waals surface area contributed by atoms with Gasteiger partial charge in [-0.25, -0.2) is 4.98 Å². The molecule has 0 unspecified atom stereocenters. The summed E-state index contributed by atoms with van der Waals surface area (Å²) < 4.78 is 0. The maximum Gasteiger partial charge on any atom is 0.127 e. The highest BCUT2D eigenvalue weighted by Gasteiger charge is 2.18. The topological polar surface area (TPSA) is 40.2 Å². The lowest BCUT2D eigenvalue weighted by Crippen LogP contribution is -2.39. The van der Waals surface area contributed by atoms with Gasteiger partial charge >= 0.3 is 0 Å². The summed E-state index contributed by atoms with van der Waals surface area (Å²) in [6.07, 6.45) is 5.57. The molecule has 1 fully saturated rings. The van der Waals surface area contributed by atoms with Crippen molar-refractivity contribution < 1.29 is 0 Å². The van der Waals surface area contributed by atoms with Crippen LogP contribution in [0.5, 0.6) is 0 Å². The molecule has 1 aliphatic heterocycles. The molecular formula is C14H24N4. The van der Waals surface area contributed by atoms with Crippen LogP contribution in [0.2, 0.25) is 0 Å². The van der Waals surface area contributed by atoms with Crippen molar-refractivity contribution in [2.24, 2.45) is 0 Å². The van der Waals surface area contributed by atoms with Gasteiger partial charge in [-0.15, -0.1) is 0 Å². The van der Waals surface area contributed by atoms with E-state index in [1.54, 1.807) is 0 Å². The zero-order valence-corrected chi connectivity index (χ0v) is 11.4. The number of anilines is 2. The Hall–Kier alpha value is -1.29. The van der Waals surface area contributed by atoms with Crippen LogP contribution in [0.15, 0.2) is 18.3 Å². The fourth-order valence-corrected chi connectivity index (χ4v) is 2.51. The fourth-order valence-electron chi connectivity index (χ4n) is 2.51. The minimum Gasteiger partial charge on any atom is -0.382 e. The summed E-state index contributed by atoms with van der Waals surface area (Å²) in [5, 5.41) is 6.68. The molecule has 0 aliphatic carbocycles. The Morgan fingerprint density at radius 3 is 2.83 bits per heavy atom. The van der Waals surface area contributed by atoms with Crippen LogP contribution in [0.25, 0.3) is 0 Å². The first kappa shape index (κ1) is 13.1. The van der Waals surface area contributed by atoms with E-state index in [-0.39, 0.29) is 0 Å². The average Bonchev–Trinajstić information content (AvgIpc) is 2.42. The zero-order chi connectivity index (χ0) is 12.8. The van der Waals surface area contributed by atoms with Crippen LogP contribution in [-0.4, -0.2) is 42.6 Å². The lowest BCUT2D eigenvalue weighted by Gasteiger charge is -2.32. The highest BCUT2D eigenvalue weighted by atomic mass is 15.1. The molecule has 2 N–H and O–H groups in total. The number of aromatic nitrogens is 1. The van der Waals surface area contributed by atoms with Gasteiger partial charge in [0.05, 0.1) is 0 Å². The number of nitrogens with zero attached hydrogens (tertiary/aromatic N) is 2. The van der Waals surface area contributed by atoms with Gasteiger partial charge in [-0.3, -0.25) is 0 Å². The first-order valence-corrected chi connectivity index (χ1v) is 6.94. The molecule has 0 aromatic carbocycles. The monoisotopic (exact) mass is 248 g/mol. The summed E-state index contributed by atoms with van der Waals surface area (Å²) >= 11 is 0. The van der Waals surface area contributed by atoms with Gasteiger partial charge in [-0.05, 0) is 31.9 Å². The average molecular weight is 248 g/mol. The van der Waals surface area contributed by atoms with E-state index in [1.807, 2.05) is 19.3 Å². The van der Waals surface area contributed by atoms with Crippen LogP contribution in [0, 0.1) is 0 Å². The SMILES string of the molecule is CCCN1CCC(Nc2ccnc(NC)c2)CC1. The Balaban J connectivity index is 1.83. The standard InChI is InChI=1S/C14H24N4/c1-3-8-18-9-5-12(6-10-18)17-13-4-7-16-14(11-13)15-2/h4,7,11-12H,3,5-6,8-10H2,1-2H3,(H2,15,16,17). The summed E-state index contributed by atoms with van der Waals surface area (Å²) in [7, 11) is 1.90. The number of pyridine rings is 1. The summed E-state index contributed by atoms with van der Waals surface area (Å²) in [6, 6.07) is 4.71. The fraction of sp³-hybridized carbons (Fsp3) is 0.643. The summed E-state index contributed by atoms with van der Waals surface area (Å²) in [5.74, 6) is 0.920. The Kier molecular flexibility index (Phi) is 4.81. The normalized spacial score (nSPS) is 17.7. The van der Waals surface area contributed by atoms with Crippen LogP contribution in [-0.2, 0) is 0 Å². The summed E-state index contributed by atoms with van der Waals surface area (Å²) in [6.45, 7) is 5.93. The van der Waals surface area contributed by atoms with E-state index in [0.29, 0.717) is 6.04 Å². The summed E-state index contributed by atoms with van der Waals surface area (Å²) in [5.41, 5.74) is 1.17. The Morgan fingerprint density at radius 1 is 1.39 bits per heavy atom. The van der Waals surface area contributed by atoms with Gasteiger partial charge in [0.2, 0.25) is 0 Å². The van der Waals surface area contributed by atoms with E-state index in [2.05, 4.69) is 33.5 Å². The van der Waals surface area contributed by atoms with Gasteiger partial charge in [0.1, 0.15) is 5.82 Å². The van der Waals surface area contributed by atoms with E-state index in [0.717, 1.165) is 5.82 Å². The minimum atomic E-state index is 0.602. The Labute approximate surface area is 110 Å². The molecule has 0 bridgehead atoms. The lowest BCUT2D eigenvalue weighted by atomic mass is 10.0. The molecule has 1 aromatic heterocycles. The second-order valence-electron chi connectivity index (χ2n) is 4.94. The molecule has 100 valence electrons. The van der Waals surface area contributed by atoms with E-state index in [9.17, 15) is 0 Å². The lowest BCUT2D eigenvalue weighted by molar-refractivity contribution is 0.219. The molecule has 2 rings (SSSR count). The van der Waals surface area contributed by atoms with Gasteiger partial charge in [0.15, 0.2) is 0 Å². The van der Waals surface area contributed by atoms with Gasteiger partial charge in [-0.1, -0.05) is 6.92 Å². The zero-order valence-electron chi connectivity index (χ0n) is 11.4. The van der Waals surface area contributed by atoms with Gasteiger partial charge in [0.25, 0.3) is 0 Å². The third kappa shape index (κ3) is 3.60. The Bertz CT molecular complexity index is 359. The highest BCUT2D eigenvalue weighted by Crippen LogP contribution is 2.18. The van der Waals surface area contributed by atoms with Gasteiger partial charge in [0, 0.05) is 44.1 Å². The third-order valence-electron chi connectivity index (χ3n) is 3.51. The molecule has 0 radical (unpaired) electrons. The number of rotatable bonds is 5. The number of likely N-dealkylation sites (tertiary alicyclic amines) is 1. The van der Waals surface area contributed by atoms with Crippen LogP contribution in [0.3, 0.4) is 0 Å². The van der Waals surface area contributed by atoms with Crippen LogP contribution >= 0.6 is 0 Å². The Morgan fingerprint density at radius 2 is 2.17 bits per heavy atom. The molecule has 2 heterocycles. The van der Waals surface area contributed by atoms with Crippen LogP contribution in [0.1, 0.15) is 26.2 Å². The van der Waals surface area contributed by atoms with Crippen molar-refractivity contribution in [1.82, 2.24) is 9.88 Å². The van der Waals surface area contributed by atoms with Crippen molar-refractivity contribution in [2.45, 2.75) is 32.2 Å². The van der Waals surface area contributed by atoms with Crippen molar-refractivity contribution in [3.8, 4) is 0 Å². The van der Waals surface area contributed by atoms with E-state index < -0.39 is 0 Å². The molecule has 0 atom stereocenters. The molecule has 0 amide bonds. The molecule has 0 saturated carbocycles. The van der Waals surface area contributed by atoms with Gasteiger partial charge in [-0.2, -0.15) is 0 Å². The third-order valence-corrected chi connectivity index (χ3v) is 3.51. The van der Waals surface area contributed by atoms with Gasteiger partial charge < -0.3 is 15.5 Å². The van der Waals surface area contributed by atoms with Crippen molar-refractivity contribution >= 4 is 11.5 Å². The van der Waals surface area contributed by atoms with E-state index in [1.165, 1.54) is 44.6 Å². The predicted octanol–water partition coefficient (Wildman–Crippen LogP) is 2.41. The molecule has 0 spiro atoms. The van der Waals surface area contributed by atoms with Crippen molar-refractivity contribution in [3.63, 3.8) is 0 Å². The molecule has 1 saturated heterocycles. The smallest absolute Gasteiger partial charge is 0.127 e. The number of hydrogen-bond donors (Lipinski definition) is 2. The molecule has 1 aromatic rings. The first-order valence-electron chi connectivity index (χ1n) is 6.94. The quantitative estimate of drug-likeness (QED) is 0.839. The molecule has 4 nitrogen and oxygen atoms in total. The molecule has 4 heteroatoms. The molecular weight excluding hydrogens is 224 g/mol. The maximum absolute atomic E-state index is 4.23. The van der Waals surface area contributed by atoms with Crippen LogP contribution < -0.4 is 10.6 Å². The number of piperidine rings is 1. The second-order valence-corrected chi connectivity index (χ2v) is 4.94. The minimum absolute atomic E-state index is 0.602. The van der Waals surface area contributed by atoms with Crippen molar-refractivity contribution in [1.29, 1.82) is 0 Å². The molecule has 18 heavy (non-hydrogen) atoms. The van der Waals surface area contributed by atoms with Crippen molar-refractivity contribution in [3.05, 3.63) is 18.3 Å². The van der Waals surface area contributed by atoms with Crippen molar-refractivity contribution in [2.75, 3.05) is 37.3 Å². The largest absolute Gasteiger partial charge is 0.382 e. The maximum atomic E-state index is 4.23. The van der Waals surface area contributed by atoms with E-state index >= 15 is 0 Å². The number of nitrogens with one attached hydrogen (secondary N) is 2.